The third-order valence-electron chi connectivity index (χ3n) is 3.18. The SMILES string of the molecule is COC(=O)/C(C)=C1\CCOC2(CC2)C1. The van der Waals surface area contributed by atoms with Crippen molar-refractivity contribution in [3.05, 3.63) is 11.1 Å². The second-order valence-electron chi connectivity index (χ2n) is 4.18. The van der Waals surface area contributed by atoms with Gasteiger partial charge in [-0.15, -0.1) is 0 Å². The lowest BCUT2D eigenvalue weighted by Gasteiger charge is -2.25. The van der Waals surface area contributed by atoms with E-state index in [0.717, 1.165) is 37.9 Å². The summed E-state index contributed by atoms with van der Waals surface area (Å²) in [6, 6.07) is 0. The first kappa shape index (κ1) is 9.71. The topological polar surface area (TPSA) is 35.5 Å². The summed E-state index contributed by atoms with van der Waals surface area (Å²) in [5.41, 5.74) is 2.10. The standard InChI is InChI=1S/C11H16O3/c1-8(10(12)13-2)9-3-6-14-11(7-9)4-5-11/h3-7H2,1-2H3/b9-8+. The number of rotatable bonds is 1. The normalized spacial score (nSPS) is 27.3. The summed E-state index contributed by atoms with van der Waals surface area (Å²) >= 11 is 0. The fourth-order valence-corrected chi connectivity index (χ4v) is 2.00. The van der Waals surface area contributed by atoms with Crippen LogP contribution in [0.1, 0.15) is 32.6 Å². The van der Waals surface area contributed by atoms with Gasteiger partial charge >= 0.3 is 5.97 Å². The van der Waals surface area contributed by atoms with E-state index in [1.807, 2.05) is 6.92 Å². The first-order valence-corrected chi connectivity index (χ1v) is 5.08. The average Bonchev–Trinajstić information content (AvgIpc) is 2.95. The van der Waals surface area contributed by atoms with Gasteiger partial charge in [0.25, 0.3) is 0 Å². The van der Waals surface area contributed by atoms with Gasteiger partial charge < -0.3 is 9.47 Å². The molecule has 0 radical (unpaired) electrons. The number of hydrogen-bond donors (Lipinski definition) is 0. The minimum Gasteiger partial charge on any atom is -0.466 e. The molecule has 0 N–H and O–H groups in total. The van der Waals surface area contributed by atoms with Gasteiger partial charge in [-0.2, -0.15) is 0 Å². The number of carbonyl (C=O) groups excluding carboxylic acids is 1. The molecule has 2 fully saturated rings. The van der Waals surface area contributed by atoms with Crippen LogP contribution in [0.3, 0.4) is 0 Å². The smallest absolute Gasteiger partial charge is 0.333 e. The van der Waals surface area contributed by atoms with Crippen LogP contribution in [-0.4, -0.2) is 25.3 Å². The van der Waals surface area contributed by atoms with Gasteiger partial charge in [0.15, 0.2) is 0 Å². The molecule has 3 heteroatoms. The molecule has 1 aliphatic heterocycles. The maximum absolute atomic E-state index is 11.3. The molecule has 0 bridgehead atoms. The number of ether oxygens (including phenoxy) is 2. The Kier molecular flexibility index (Phi) is 2.35. The van der Waals surface area contributed by atoms with Gasteiger partial charge in [0, 0.05) is 5.57 Å². The third-order valence-corrected chi connectivity index (χ3v) is 3.18. The molecule has 1 saturated heterocycles. The Labute approximate surface area is 84.1 Å². The van der Waals surface area contributed by atoms with E-state index in [2.05, 4.69) is 0 Å². The molecule has 3 nitrogen and oxygen atoms in total. The molecule has 1 saturated carbocycles. The van der Waals surface area contributed by atoms with Crippen molar-refractivity contribution in [2.75, 3.05) is 13.7 Å². The van der Waals surface area contributed by atoms with Crippen molar-refractivity contribution in [1.29, 1.82) is 0 Å². The van der Waals surface area contributed by atoms with Crippen molar-refractivity contribution in [1.82, 2.24) is 0 Å². The highest BCUT2D eigenvalue weighted by Gasteiger charge is 2.46. The van der Waals surface area contributed by atoms with Crippen LogP contribution in [0.5, 0.6) is 0 Å². The lowest BCUT2D eigenvalue weighted by atomic mass is 9.96. The molecular formula is C11H16O3. The van der Waals surface area contributed by atoms with Crippen LogP contribution in [0.15, 0.2) is 11.1 Å². The molecule has 2 aliphatic rings. The molecule has 0 aromatic rings. The molecule has 0 amide bonds. The van der Waals surface area contributed by atoms with Crippen LogP contribution in [0, 0.1) is 0 Å². The zero-order chi connectivity index (χ0) is 10.2. The van der Waals surface area contributed by atoms with Crippen LogP contribution in [0.25, 0.3) is 0 Å². The maximum atomic E-state index is 11.3. The Balaban J connectivity index is 2.12. The van der Waals surface area contributed by atoms with Crippen molar-refractivity contribution in [2.45, 2.75) is 38.2 Å². The van der Waals surface area contributed by atoms with Gasteiger partial charge in [0.2, 0.25) is 0 Å². The summed E-state index contributed by atoms with van der Waals surface area (Å²) < 4.78 is 10.4. The molecule has 1 aliphatic carbocycles. The van der Waals surface area contributed by atoms with E-state index in [4.69, 9.17) is 9.47 Å². The molecule has 1 heterocycles. The Bertz CT molecular complexity index is 287. The maximum Gasteiger partial charge on any atom is 0.333 e. The molecular weight excluding hydrogens is 180 g/mol. The highest BCUT2D eigenvalue weighted by Crippen LogP contribution is 2.48. The predicted octanol–water partition coefficient (Wildman–Crippen LogP) is 1.82. The summed E-state index contributed by atoms with van der Waals surface area (Å²) in [5, 5.41) is 0. The van der Waals surface area contributed by atoms with E-state index < -0.39 is 0 Å². The van der Waals surface area contributed by atoms with Crippen molar-refractivity contribution in [2.24, 2.45) is 0 Å². The van der Waals surface area contributed by atoms with Crippen LogP contribution < -0.4 is 0 Å². The zero-order valence-corrected chi connectivity index (χ0v) is 8.76. The van der Waals surface area contributed by atoms with Crippen molar-refractivity contribution in [3.63, 3.8) is 0 Å². The van der Waals surface area contributed by atoms with Crippen molar-refractivity contribution >= 4 is 5.97 Å². The van der Waals surface area contributed by atoms with Crippen molar-refractivity contribution < 1.29 is 14.3 Å². The number of carbonyl (C=O) groups is 1. The zero-order valence-electron chi connectivity index (χ0n) is 8.76. The van der Waals surface area contributed by atoms with Gasteiger partial charge in [0.05, 0.1) is 19.3 Å². The third kappa shape index (κ3) is 1.69. The number of hydrogen-bond acceptors (Lipinski definition) is 3. The van der Waals surface area contributed by atoms with Gasteiger partial charge in [0.1, 0.15) is 0 Å². The Morgan fingerprint density at radius 3 is 2.79 bits per heavy atom. The van der Waals surface area contributed by atoms with Gasteiger partial charge in [-0.05, 0) is 32.6 Å². The van der Waals surface area contributed by atoms with Crippen LogP contribution in [-0.2, 0) is 14.3 Å². The summed E-state index contributed by atoms with van der Waals surface area (Å²) in [6.07, 6.45) is 4.09. The fraction of sp³-hybridized carbons (Fsp3) is 0.727. The van der Waals surface area contributed by atoms with E-state index in [1.165, 1.54) is 12.7 Å². The summed E-state index contributed by atoms with van der Waals surface area (Å²) in [5.74, 6) is -0.197. The minimum atomic E-state index is -0.197. The lowest BCUT2D eigenvalue weighted by molar-refractivity contribution is -0.136. The highest BCUT2D eigenvalue weighted by atomic mass is 16.5. The van der Waals surface area contributed by atoms with E-state index in [1.54, 1.807) is 0 Å². The van der Waals surface area contributed by atoms with E-state index in [-0.39, 0.29) is 11.6 Å². The van der Waals surface area contributed by atoms with Crippen LogP contribution in [0.2, 0.25) is 0 Å². The monoisotopic (exact) mass is 196 g/mol. The second-order valence-corrected chi connectivity index (χ2v) is 4.18. The van der Waals surface area contributed by atoms with E-state index in [9.17, 15) is 4.79 Å². The van der Waals surface area contributed by atoms with Gasteiger partial charge in [-0.3, -0.25) is 0 Å². The molecule has 0 unspecified atom stereocenters. The number of esters is 1. The molecule has 1 spiro atoms. The van der Waals surface area contributed by atoms with E-state index in [0.29, 0.717) is 0 Å². The molecule has 0 aromatic carbocycles. The Morgan fingerprint density at radius 2 is 2.21 bits per heavy atom. The quantitative estimate of drug-likeness (QED) is 0.474. The van der Waals surface area contributed by atoms with Gasteiger partial charge in [-0.1, -0.05) is 5.57 Å². The first-order valence-electron chi connectivity index (χ1n) is 5.08. The highest BCUT2D eigenvalue weighted by molar-refractivity contribution is 5.88. The lowest BCUT2D eigenvalue weighted by Crippen LogP contribution is -2.23. The van der Waals surface area contributed by atoms with Crippen LogP contribution >= 0.6 is 0 Å². The van der Waals surface area contributed by atoms with E-state index >= 15 is 0 Å². The largest absolute Gasteiger partial charge is 0.466 e. The Morgan fingerprint density at radius 1 is 1.50 bits per heavy atom. The fourth-order valence-electron chi connectivity index (χ4n) is 2.00. The summed E-state index contributed by atoms with van der Waals surface area (Å²) in [6.45, 7) is 2.60. The van der Waals surface area contributed by atoms with Gasteiger partial charge in [-0.25, -0.2) is 4.79 Å². The second kappa shape index (κ2) is 3.39. The summed E-state index contributed by atoms with van der Waals surface area (Å²) in [7, 11) is 1.43. The molecule has 14 heavy (non-hydrogen) atoms. The predicted molar refractivity (Wildman–Crippen MR) is 51.9 cm³/mol. The van der Waals surface area contributed by atoms with Crippen molar-refractivity contribution in [3.8, 4) is 0 Å². The minimum absolute atomic E-state index is 0.100. The molecule has 78 valence electrons. The number of methoxy groups -OCH3 is 1. The van der Waals surface area contributed by atoms with Crippen LogP contribution in [0.4, 0.5) is 0 Å². The average molecular weight is 196 g/mol. The first-order chi connectivity index (χ1) is 6.67. The molecule has 2 rings (SSSR count). The molecule has 0 aromatic heterocycles. The molecule has 0 atom stereocenters. The summed E-state index contributed by atoms with van der Waals surface area (Å²) in [4.78, 5) is 11.3. The Hall–Kier alpha value is -0.830.